The summed E-state index contributed by atoms with van der Waals surface area (Å²) in [7, 11) is 0. The van der Waals surface area contributed by atoms with Crippen LogP contribution in [0.15, 0.2) is 30.3 Å². The second-order valence-electron chi connectivity index (χ2n) is 6.00. The van der Waals surface area contributed by atoms with E-state index in [2.05, 4.69) is 11.9 Å². The molecule has 3 rings (SSSR count). The number of aromatic amines is 1. The highest BCUT2D eigenvalue weighted by molar-refractivity contribution is 6.42. The van der Waals surface area contributed by atoms with Gasteiger partial charge in [-0.1, -0.05) is 40.9 Å². The number of aromatic nitrogens is 1. The number of nitrogens with one attached hydrogen (secondary N) is 1. The highest BCUT2D eigenvalue weighted by atomic mass is 35.5. The number of halogens is 3. The second-order valence-corrected chi connectivity index (χ2v) is 7.25. The minimum atomic E-state index is 0.551. The van der Waals surface area contributed by atoms with Crippen molar-refractivity contribution < 1.29 is 0 Å². The minimum absolute atomic E-state index is 0.551. The van der Waals surface area contributed by atoms with Gasteiger partial charge in [-0.25, -0.2) is 0 Å². The van der Waals surface area contributed by atoms with Crippen molar-refractivity contribution in [3.05, 3.63) is 56.5 Å². The smallest absolute Gasteiger partial charge is 0.0599 e. The number of hydrogen-bond acceptors (Lipinski definition) is 1. The van der Waals surface area contributed by atoms with E-state index in [1.54, 1.807) is 0 Å². The highest BCUT2D eigenvalue weighted by Gasteiger charge is 2.16. The molecule has 0 atom stereocenters. The summed E-state index contributed by atoms with van der Waals surface area (Å²) < 4.78 is 0. The first-order valence-electron chi connectivity index (χ1n) is 7.97. The number of H-pyrrole nitrogens is 1. The van der Waals surface area contributed by atoms with Gasteiger partial charge in [-0.05, 0) is 73.7 Å². The molecule has 2 aromatic carbocycles. The van der Waals surface area contributed by atoms with Crippen LogP contribution in [0.4, 0.5) is 0 Å². The Balaban J connectivity index is 2.19. The molecule has 0 saturated heterocycles. The SMILES string of the molecule is Cc1cc(Cl)cc2c(CCCCN)c(-c3ccc(Cl)c(Cl)c3)[nH]c12. The molecular weight excluding hydrogens is 363 g/mol. The number of rotatable bonds is 5. The Bertz CT molecular complexity index is 884. The van der Waals surface area contributed by atoms with Gasteiger partial charge in [0.1, 0.15) is 0 Å². The van der Waals surface area contributed by atoms with E-state index in [1.165, 1.54) is 5.56 Å². The first-order valence-corrected chi connectivity index (χ1v) is 9.11. The van der Waals surface area contributed by atoms with Gasteiger partial charge in [-0.15, -0.1) is 0 Å². The number of unbranched alkanes of at least 4 members (excludes halogenated alkanes) is 1. The van der Waals surface area contributed by atoms with Gasteiger partial charge in [0.15, 0.2) is 0 Å². The quantitative estimate of drug-likeness (QED) is 0.494. The number of aryl methyl sites for hydroxylation is 2. The van der Waals surface area contributed by atoms with Gasteiger partial charge >= 0.3 is 0 Å². The Labute approximate surface area is 156 Å². The van der Waals surface area contributed by atoms with Crippen LogP contribution >= 0.6 is 34.8 Å². The van der Waals surface area contributed by atoms with E-state index in [9.17, 15) is 0 Å². The van der Waals surface area contributed by atoms with Crippen molar-refractivity contribution in [2.75, 3.05) is 6.54 Å². The van der Waals surface area contributed by atoms with Crippen molar-refractivity contribution in [1.29, 1.82) is 0 Å². The number of fused-ring (bicyclic) bond motifs is 1. The molecule has 126 valence electrons. The van der Waals surface area contributed by atoms with Crippen molar-refractivity contribution in [3.63, 3.8) is 0 Å². The van der Waals surface area contributed by atoms with Crippen LogP contribution in [0.3, 0.4) is 0 Å². The fourth-order valence-electron chi connectivity index (χ4n) is 3.09. The summed E-state index contributed by atoms with van der Waals surface area (Å²) in [6.07, 6.45) is 2.96. The largest absolute Gasteiger partial charge is 0.354 e. The van der Waals surface area contributed by atoms with Crippen molar-refractivity contribution in [2.45, 2.75) is 26.2 Å². The van der Waals surface area contributed by atoms with Gasteiger partial charge in [0.25, 0.3) is 0 Å². The molecular formula is C19H19Cl3N2. The Hall–Kier alpha value is -1.19. The second kappa shape index (κ2) is 7.37. The highest BCUT2D eigenvalue weighted by Crippen LogP contribution is 2.36. The van der Waals surface area contributed by atoms with Gasteiger partial charge in [-0.2, -0.15) is 0 Å². The maximum atomic E-state index is 6.29. The lowest BCUT2D eigenvalue weighted by Gasteiger charge is -2.07. The predicted molar refractivity (Wildman–Crippen MR) is 105 cm³/mol. The summed E-state index contributed by atoms with van der Waals surface area (Å²) in [5.74, 6) is 0. The van der Waals surface area contributed by atoms with Gasteiger partial charge in [-0.3, -0.25) is 0 Å². The van der Waals surface area contributed by atoms with E-state index in [-0.39, 0.29) is 0 Å². The van der Waals surface area contributed by atoms with Gasteiger partial charge in [0, 0.05) is 21.6 Å². The predicted octanol–water partition coefficient (Wildman–Crippen LogP) is 6.38. The van der Waals surface area contributed by atoms with Crippen LogP contribution in [0.25, 0.3) is 22.2 Å². The molecule has 2 nitrogen and oxygen atoms in total. The van der Waals surface area contributed by atoms with E-state index >= 15 is 0 Å². The fraction of sp³-hybridized carbons (Fsp3) is 0.263. The molecule has 3 N–H and O–H groups in total. The molecule has 0 spiro atoms. The summed E-state index contributed by atoms with van der Waals surface area (Å²) in [5.41, 5.74) is 11.3. The molecule has 0 bridgehead atoms. The molecule has 0 aliphatic rings. The van der Waals surface area contributed by atoms with Crippen molar-refractivity contribution >= 4 is 45.7 Å². The molecule has 0 unspecified atom stereocenters. The van der Waals surface area contributed by atoms with E-state index in [1.807, 2.05) is 30.3 Å². The summed E-state index contributed by atoms with van der Waals surface area (Å²) in [4.78, 5) is 3.56. The van der Waals surface area contributed by atoms with Gasteiger partial charge in [0.05, 0.1) is 10.0 Å². The molecule has 0 amide bonds. The van der Waals surface area contributed by atoms with E-state index in [4.69, 9.17) is 40.5 Å². The summed E-state index contributed by atoms with van der Waals surface area (Å²) in [5, 5.41) is 3.02. The van der Waals surface area contributed by atoms with E-state index in [0.29, 0.717) is 16.6 Å². The van der Waals surface area contributed by atoms with Crippen molar-refractivity contribution in [2.24, 2.45) is 5.73 Å². The maximum Gasteiger partial charge on any atom is 0.0599 e. The third kappa shape index (κ3) is 3.43. The average molecular weight is 382 g/mol. The molecule has 0 radical (unpaired) electrons. The molecule has 24 heavy (non-hydrogen) atoms. The fourth-order valence-corrected chi connectivity index (χ4v) is 3.66. The summed E-state index contributed by atoms with van der Waals surface area (Å²) in [6.45, 7) is 2.76. The molecule has 0 aliphatic heterocycles. The molecule has 0 aliphatic carbocycles. The number of nitrogens with two attached hydrogens (primary N) is 1. The molecule has 1 aromatic heterocycles. The molecule has 3 aromatic rings. The molecule has 0 fully saturated rings. The van der Waals surface area contributed by atoms with Crippen LogP contribution in [0.1, 0.15) is 24.0 Å². The topological polar surface area (TPSA) is 41.8 Å². The van der Waals surface area contributed by atoms with E-state index < -0.39 is 0 Å². The zero-order valence-corrected chi connectivity index (χ0v) is 15.7. The third-order valence-electron chi connectivity index (χ3n) is 4.27. The van der Waals surface area contributed by atoms with Crippen LogP contribution in [0, 0.1) is 6.92 Å². The van der Waals surface area contributed by atoms with E-state index in [0.717, 1.165) is 52.0 Å². The standard InChI is InChI=1S/C19H19Cl3N2/c1-11-8-13(20)10-15-14(4-2-3-7-23)19(24-18(11)15)12-5-6-16(21)17(22)9-12/h5-6,8-10,24H,2-4,7,23H2,1H3. The van der Waals surface area contributed by atoms with Crippen LogP contribution in [-0.2, 0) is 6.42 Å². The summed E-state index contributed by atoms with van der Waals surface area (Å²) >= 11 is 18.6. The lowest BCUT2D eigenvalue weighted by molar-refractivity contribution is 0.748. The van der Waals surface area contributed by atoms with Crippen LogP contribution in [-0.4, -0.2) is 11.5 Å². The monoisotopic (exact) mass is 380 g/mol. The molecule has 5 heteroatoms. The number of hydrogen-bond donors (Lipinski definition) is 2. The Kier molecular flexibility index (Phi) is 5.41. The molecule has 1 heterocycles. The maximum absolute atomic E-state index is 6.29. The van der Waals surface area contributed by atoms with Gasteiger partial charge in [0.2, 0.25) is 0 Å². The Morgan fingerprint density at radius 3 is 2.50 bits per heavy atom. The zero-order chi connectivity index (χ0) is 17.3. The third-order valence-corrected chi connectivity index (χ3v) is 5.22. The Morgan fingerprint density at radius 2 is 1.79 bits per heavy atom. The first-order chi connectivity index (χ1) is 11.5. The lowest BCUT2D eigenvalue weighted by atomic mass is 9.99. The Morgan fingerprint density at radius 1 is 1.00 bits per heavy atom. The molecule has 0 saturated carbocycles. The van der Waals surface area contributed by atoms with Crippen LogP contribution in [0.2, 0.25) is 15.1 Å². The lowest BCUT2D eigenvalue weighted by Crippen LogP contribution is -1.99. The van der Waals surface area contributed by atoms with Crippen molar-refractivity contribution in [3.8, 4) is 11.3 Å². The summed E-state index contributed by atoms with van der Waals surface area (Å²) in [6, 6.07) is 9.72. The first kappa shape index (κ1) is 17.6. The van der Waals surface area contributed by atoms with Gasteiger partial charge < -0.3 is 10.7 Å². The van der Waals surface area contributed by atoms with Crippen molar-refractivity contribution in [1.82, 2.24) is 4.98 Å². The van der Waals surface area contributed by atoms with Crippen LogP contribution in [0.5, 0.6) is 0 Å². The zero-order valence-electron chi connectivity index (χ0n) is 13.4. The minimum Gasteiger partial charge on any atom is -0.354 e. The number of benzene rings is 2. The average Bonchev–Trinajstić information content (AvgIpc) is 2.89. The normalized spacial score (nSPS) is 11.4. The van der Waals surface area contributed by atoms with Crippen LogP contribution < -0.4 is 5.73 Å².